The van der Waals surface area contributed by atoms with Crippen molar-refractivity contribution in [1.82, 2.24) is 9.80 Å². The van der Waals surface area contributed by atoms with Crippen molar-refractivity contribution in [2.75, 3.05) is 32.8 Å². The molecule has 2 aliphatic heterocycles. The van der Waals surface area contributed by atoms with Crippen LogP contribution in [0.1, 0.15) is 28.8 Å². The quantitative estimate of drug-likeness (QED) is 0.669. The molecule has 0 aliphatic carbocycles. The summed E-state index contributed by atoms with van der Waals surface area (Å²) in [5.74, 6) is -0.0585. The molecule has 0 radical (unpaired) electrons. The van der Waals surface area contributed by atoms with Crippen LogP contribution >= 0.6 is 0 Å². The molecular formula is C27H28N2O4. The predicted molar refractivity (Wildman–Crippen MR) is 127 cm³/mol. The Hall–Kier alpha value is -3.22. The van der Waals surface area contributed by atoms with Gasteiger partial charge in [-0.15, -0.1) is 0 Å². The van der Waals surface area contributed by atoms with E-state index in [1.165, 1.54) is 0 Å². The first-order chi connectivity index (χ1) is 16.2. The van der Waals surface area contributed by atoms with Gasteiger partial charge < -0.3 is 19.6 Å². The van der Waals surface area contributed by atoms with Gasteiger partial charge in [-0.2, -0.15) is 0 Å². The summed E-state index contributed by atoms with van der Waals surface area (Å²) in [5.41, 5.74) is 3.48. The summed E-state index contributed by atoms with van der Waals surface area (Å²) in [6, 6.07) is 19.1. The Morgan fingerprint density at radius 1 is 0.939 bits per heavy atom. The molecule has 2 saturated heterocycles. The van der Waals surface area contributed by atoms with Crippen LogP contribution < -0.4 is 0 Å². The summed E-state index contributed by atoms with van der Waals surface area (Å²) in [4.78, 5) is 30.5. The summed E-state index contributed by atoms with van der Waals surface area (Å²) < 4.78 is 5.38. The Balaban J connectivity index is 1.49. The fraction of sp³-hybridized carbons (Fsp3) is 0.333. The Kier molecular flexibility index (Phi) is 6.11. The first-order valence-corrected chi connectivity index (χ1v) is 11.6. The third-order valence-corrected chi connectivity index (χ3v) is 6.69. The number of carbonyl (C=O) groups excluding carboxylic acids is 2. The fourth-order valence-corrected chi connectivity index (χ4v) is 5.00. The number of rotatable bonds is 4. The first kappa shape index (κ1) is 21.6. The van der Waals surface area contributed by atoms with Crippen LogP contribution in [0, 0.1) is 0 Å². The van der Waals surface area contributed by atoms with Gasteiger partial charge in [0, 0.05) is 25.2 Å². The van der Waals surface area contributed by atoms with Gasteiger partial charge in [0.15, 0.2) is 0 Å². The number of nitrogens with zero attached hydrogens (tertiary/aromatic N) is 2. The molecule has 2 heterocycles. The van der Waals surface area contributed by atoms with E-state index in [9.17, 15) is 14.7 Å². The number of aliphatic hydroxyl groups is 1. The standard InChI is InChI=1S/C27H28N2O4/c30-18-19-5-1-6-20(17-19)21-7-2-9-23-22(21)8-3-10-24(23)26(31)29-12-4-11-25(29)27(32)28-13-15-33-16-14-28/h1-3,5-10,17,25,30H,4,11-16,18H2/t25-/m0/s1. The van der Waals surface area contributed by atoms with Gasteiger partial charge in [0.05, 0.1) is 19.8 Å². The number of morpholine rings is 1. The smallest absolute Gasteiger partial charge is 0.255 e. The van der Waals surface area contributed by atoms with Gasteiger partial charge in [-0.1, -0.05) is 48.5 Å². The highest BCUT2D eigenvalue weighted by atomic mass is 16.5. The maximum Gasteiger partial charge on any atom is 0.255 e. The number of fused-ring (bicyclic) bond motifs is 1. The van der Waals surface area contributed by atoms with E-state index in [-0.39, 0.29) is 18.4 Å². The normalized spacial score (nSPS) is 18.6. The van der Waals surface area contributed by atoms with Crippen molar-refractivity contribution in [3.63, 3.8) is 0 Å². The number of benzene rings is 3. The zero-order chi connectivity index (χ0) is 22.8. The van der Waals surface area contributed by atoms with E-state index in [4.69, 9.17) is 4.74 Å². The van der Waals surface area contributed by atoms with Crippen molar-refractivity contribution in [1.29, 1.82) is 0 Å². The van der Waals surface area contributed by atoms with E-state index in [1.807, 2.05) is 65.6 Å². The lowest BCUT2D eigenvalue weighted by atomic mass is 9.94. The molecule has 2 amide bonds. The van der Waals surface area contributed by atoms with Crippen LogP contribution in [0.4, 0.5) is 0 Å². The fourth-order valence-electron chi connectivity index (χ4n) is 5.00. The van der Waals surface area contributed by atoms with Gasteiger partial charge in [-0.05, 0) is 52.4 Å². The van der Waals surface area contributed by atoms with Gasteiger partial charge >= 0.3 is 0 Å². The molecule has 0 saturated carbocycles. The third-order valence-electron chi connectivity index (χ3n) is 6.69. The van der Waals surface area contributed by atoms with Crippen molar-refractivity contribution in [2.45, 2.75) is 25.5 Å². The molecule has 6 heteroatoms. The van der Waals surface area contributed by atoms with Gasteiger partial charge in [0.2, 0.25) is 5.91 Å². The SMILES string of the molecule is O=C([C@@H]1CCCN1C(=O)c1cccc2c(-c3cccc(CO)c3)cccc12)N1CCOCC1. The molecule has 0 unspecified atom stereocenters. The minimum Gasteiger partial charge on any atom is -0.392 e. The predicted octanol–water partition coefficient (Wildman–Crippen LogP) is 3.46. The van der Waals surface area contributed by atoms with E-state index in [1.54, 1.807) is 4.90 Å². The van der Waals surface area contributed by atoms with Gasteiger partial charge in [0.1, 0.15) is 6.04 Å². The van der Waals surface area contributed by atoms with Gasteiger partial charge in [0.25, 0.3) is 5.91 Å². The zero-order valence-electron chi connectivity index (χ0n) is 18.6. The van der Waals surface area contributed by atoms with Crippen LogP contribution in [0.2, 0.25) is 0 Å². The summed E-state index contributed by atoms with van der Waals surface area (Å²) in [6.07, 6.45) is 1.53. The van der Waals surface area contributed by atoms with E-state index in [2.05, 4.69) is 0 Å². The van der Waals surface area contributed by atoms with Crippen molar-refractivity contribution >= 4 is 22.6 Å². The van der Waals surface area contributed by atoms with E-state index < -0.39 is 6.04 Å². The second-order valence-corrected chi connectivity index (χ2v) is 8.66. The molecule has 0 aromatic heterocycles. The minimum atomic E-state index is -0.407. The zero-order valence-corrected chi connectivity index (χ0v) is 18.6. The Morgan fingerprint density at radius 2 is 1.70 bits per heavy atom. The number of likely N-dealkylation sites (tertiary alicyclic amines) is 1. The molecule has 33 heavy (non-hydrogen) atoms. The van der Waals surface area contributed by atoms with E-state index >= 15 is 0 Å². The molecule has 2 fully saturated rings. The number of amides is 2. The molecule has 5 rings (SSSR count). The average Bonchev–Trinajstić information content (AvgIpc) is 3.37. The summed E-state index contributed by atoms with van der Waals surface area (Å²) in [7, 11) is 0. The molecule has 1 atom stereocenters. The summed E-state index contributed by atoms with van der Waals surface area (Å²) in [6.45, 7) is 2.85. The second kappa shape index (κ2) is 9.33. The highest BCUT2D eigenvalue weighted by Crippen LogP contribution is 2.32. The van der Waals surface area contributed by atoms with Crippen molar-refractivity contribution in [3.8, 4) is 11.1 Å². The van der Waals surface area contributed by atoms with Crippen LogP contribution in [0.5, 0.6) is 0 Å². The maximum absolute atomic E-state index is 13.7. The number of carbonyl (C=O) groups is 2. The van der Waals surface area contributed by atoms with Crippen molar-refractivity contribution in [3.05, 3.63) is 71.8 Å². The number of hydrogen-bond acceptors (Lipinski definition) is 4. The molecule has 6 nitrogen and oxygen atoms in total. The molecule has 3 aromatic rings. The second-order valence-electron chi connectivity index (χ2n) is 8.66. The molecule has 0 spiro atoms. The Labute approximate surface area is 193 Å². The third kappa shape index (κ3) is 4.12. The molecule has 0 bridgehead atoms. The molecule has 1 N–H and O–H groups in total. The van der Waals surface area contributed by atoms with Crippen LogP contribution in [0.3, 0.4) is 0 Å². The lowest BCUT2D eigenvalue weighted by Gasteiger charge is -2.32. The minimum absolute atomic E-state index is 0.0180. The maximum atomic E-state index is 13.7. The number of aliphatic hydroxyl groups excluding tert-OH is 1. The summed E-state index contributed by atoms with van der Waals surface area (Å²) >= 11 is 0. The van der Waals surface area contributed by atoms with Crippen LogP contribution in [-0.2, 0) is 16.1 Å². The van der Waals surface area contributed by atoms with Crippen molar-refractivity contribution in [2.24, 2.45) is 0 Å². The van der Waals surface area contributed by atoms with Crippen LogP contribution in [0.25, 0.3) is 21.9 Å². The molecule has 3 aromatic carbocycles. The van der Waals surface area contributed by atoms with Gasteiger partial charge in [-0.3, -0.25) is 9.59 Å². The highest BCUT2D eigenvalue weighted by molar-refractivity contribution is 6.11. The highest BCUT2D eigenvalue weighted by Gasteiger charge is 2.37. The molecule has 170 valence electrons. The Morgan fingerprint density at radius 3 is 2.52 bits per heavy atom. The summed E-state index contributed by atoms with van der Waals surface area (Å²) in [5, 5.41) is 11.4. The van der Waals surface area contributed by atoms with E-state index in [0.717, 1.165) is 33.9 Å². The molecule has 2 aliphatic rings. The largest absolute Gasteiger partial charge is 0.392 e. The monoisotopic (exact) mass is 444 g/mol. The van der Waals surface area contributed by atoms with Crippen LogP contribution in [-0.4, -0.2) is 65.6 Å². The molecular weight excluding hydrogens is 416 g/mol. The average molecular weight is 445 g/mol. The lowest BCUT2D eigenvalue weighted by molar-refractivity contribution is -0.139. The number of ether oxygens (including phenoxy) is 1. The van der Waals surface area contributed by atoms with Crippen LogP contribution in [0.15, 0.2) is 60.7 Å². The topological polar surface area (TPSA) is 70.1 Å². The van der Waals surface area contributed by atoms with E-state index in [0.29, 0.717) is 44.8 Å². The Bertz CT molecular complexity index is 1190. The van der Waals surface area contributed by atoms with Gasteiger partial charge in [-0.25, -0.2) is 0 Å². The first-order valence-electron chi connectivity index (χ1n) is 11.6. The van der Waals surface area contributed by atoms with Crippen molar-refractivity contribution < 1.29 is 19.4 Å². The lowest BCUT2D eigenvalue weighted by Crippen LogP contribution is -2.51. The number of hydrogen-bond donors (Lipinski definition) is 1.